The lowest BCUT2D eigenvalue weighted by Crippen LogP contribution is -2.30. The number of benzene rings is 4. The molecule has 0 heterocycles. The predicted molar refractivity (Wildman–Crippen MR) is 164 cm³/mol. The molecule has 0 saturated heterocycles. The summed E-state index contributed by atoms with van der Waals surface area (Å²) in [5, 5.41) is 8.89. The van der Waals surface area contributed by atoms with Crippen molar-refractivity contribution in [3.63, 3.8) is 0 Å². The Bertz CT molecular complexity index is 1550. The Morgan fingerprint density at radius 3 is 2.15 bits per heavy atom. The summed E-state index contributed by atoms with van der Waals surface area (Å²) in [7, 11) is 0. The normalized spacial score (nSPS) is 11.0. The van der Waals surface area contributed by atoms with Gasteiger partial charge in [-0.1, -0.05) is 54.1 Å². The van der Waals surface area contributed by atoms with Crippen LogP contribution >= 0.6 is 23.4 Å². The minimum atomic E-state index is -0.502. The molecule has 40 heavy (non-hydrogen) atoms. The molecule has 0 aliphatic rings. The van der Waals surface area contributed by atoms with Crippen LogP contribution in [0.4, 0.5) is 11.4 Å². The number of halogens is 1. The fourth-order valence-electron chi connectivity index (χ4n) is 3.69. The largest absolute Gasteiger partial charge is 0.325 e. The van der Waals surface area contributed by atoms with Crippen molar-refractivity contribution in [1.82, 2.24) is 5.32 Å². The lowest BCUT2D eigenvalue weighted by Gasteiger charge is -2.12. The zero-order valence-electron chi connectivity index (χ0n) is 22.0. The van der Waals surface area contributed by atoms with Gasteiger partial charge >= 0.3 is 0 Å². The van der Waals surface area contributed by atoms with Crippen molar-refractivity contribution in [1.29, 1.82) is 0 Å². The quantitative estimate of drug-likeness (QED) is 0.148. The van der Waals surface area contributed by atoms with Gasteiger partial charge in [-0.2, -0.15) is 0 Å². The standard InChI is InChI=1S/C32H28ClN3O3S/c1-21-12-13-26(18-22(21)2)34-30(37)20-40-27-16-14-25(15-17-27)35-32(39)29(19-24-10-6-7-11-28(24)33)36-31(38)23-8-4-3-5-9-23/h3-19H,20H2,1-2H3,(H,34,37)(H,35,39)(H,36,38)/b29-19-. The van der Waals surface area contributed by atoms with Crippen LogP contribution in [0, 0.1) is 13.8 Å². The molecule has 0 unspecified atom stereocenters. The minimum Gasteiger partial charge on any atom is -0.325 e. The van der Waals surface area contributed by atoms with Gasteiger partial charge in [0.25, 0.3) is 11.8 Å². The molecule has 6 nitrogen and oxygen atoms in total. The molecule has 0 bridgehead atoms. The summed E-state index contributed by atoms with van der Waals surface area (Å²) in [5.41, 5.74) is 4.65. The van der Waals surface area contributed by atoms with Crippen LogP contribution in [-0.4, -0.2) is 23.5 Å². The smallest absolute Gasteiger partial charge is 0.272 e. The first-order chi connectivity index (χ1) is 19.3. The molecular formula is C32H28ClN3O3S. The highest BCUT2D eigenvalue weighted by Crippen LogP contribution is 2.23. The third kappa shape index (κ3) is 8.09. The molecule has 3 amide bonds. The number of anilines is 2. The van der Waals surface area contributed by atoms with E-state index in [4.69, 9.17) is 11.6 Å². The Labute approximate surface area is 242 Å². The molecule has 0 atom stereocenters. The van der Waals surface area contributed by atoms with Crippen molar-refractivity contribution >= 4 is 58.5 Å². The summed E-state index contributed by atoms with van der Waals surface area (Å²) in [6, 6.07) is 28.6. The average molecular weight is 570 g/mol. The van der Waals surface area contributed by atoms with E-state index in [0.717, 1.165) is 16.1 Å². The summed E-state index contributed by atoms with van der Waals surface area (Å²) < 4.78 is 0. The van der Waals surface area contributed by atoms with Crippen molar-refractivity contribution in [2.75, 3.05) is 16.4 Å². The Balaban J connectivity index is 1.40. The highest BCUT2D eigenvalue weighted by Gasteiger charge is 2.16. The molecule has 0 aliphatic carbocycles. The maximum atomic E-state index is 13.2. The summed E-state index contributed by atoms with van der Waals surface area (Å²) >= 11 is 7.69. The average Bonchev–Trinajstić information content (AvgIpc) is 2.96. The zero-order valence-corrected chi connectivity index (χ0v) is 23.6. The number of hydrogen-bond acceptors (Lipinski definition) is 4. The van der Waals surface area contributed by atoms with E-state index < -0.39 is 11.8 Å². The topological polar surface area (TPSA) is 87.3 Å². The van der Waals surface area contributed by atoms with E-state index in [2.05, 4.69) is 16.0 Å². The second-order valence-electron chi connectivity index (χ2n) is 9.01. The first kappa shape index (κ1) is 28.7. The van der Waals surface area contributed by atoms with Gasteiger partial charge in [0.1, 0.15) is 5.70 Å². The molecule has 3 N–H and O–H groups in total. The highest BCUT2D eigenvalue weighted by atomic mass is 35.5. The van der Waals surface area contributed by atoms with E-state index in [1.807, 2.05) is 50.2 Å². The van der Waals surface area contributed by atoms with E-state index in [1.54, 1.807) is 60.7 Å². The van der Waals surface area contributed by atoms with E-state index in [0.29, 0.717) is 21.8 Å². The van der Waals surface area contributed by atoms with Crippen LogP contribution < -0.4 is 16.0 Å². The molecule has 0 radical (unpaired) electrons. The second kappa shape index (κ2) is 13.6. The zero-order chi connectivity index (χ0) is 28.5. The number of amides is 3. The molecule has 4 aromatic carbocycles. The summed E-state index contributed by atoms with van der Waals surface area (Å²) in [4.78, 5) is 39.3. The number of nitrogens with one attached hydrogen (secondary N) is 3. The SMILES string of the molecule is Cc1ccc(NC(=O)CSc2ccc(NC(=O)/C(=C/c3ccccc3Cl)NC(=O)c3ccccc3)cc2)cc1C. The van der Waals surface area contributed by atoms with Crippen LogP contribution in [0.3, 0.4) is 0 Å². The first-order valence-electron chi connectivity index (χ1n) is 12.5. The van der Waals surface area contributed by atoms with E-state index in [1.165, 1.54) is 23.4 Å². The fourth-order valence-corrected chi connectivity index (χ4v) is 4.58. The van der Waals surface area contributed by atoms with Gasteiger partial charge < -0.3 is 16.0 Å². The Hall–Kier alpha value is -4.33. The van der Waals surface area contributed by atoms with Crippen LogP contribution in [0.1, 0.15) is 27.0 Å². The van der Waals surface area contributed by atoms with E-state index >= 15 is 0 Å². The van der Waals surface area contributed by atoms with E-state index in [-0.39, 0.29) is 17.4 Å². The molecule has 0 saturated carbocycles. The number of aryl methyl sites for hydroxylation is 2. The van der Waals surface area contributed by atoms with E-state index in [9.17, 15) is 14.4 Å². The van der Waals surface area contributed by atoms with Crippen LogP contribution in [0.15, 0.2) is 108 Å². The molecule has 202 valence electrons. The van der Waals surface area contributed by atoms with Crippen molar-refractivity contribution in [2.24, 2.45) is 0 Å². The fraction of sp³-hybridized carbons (Fsp3) is 0.0938. The minimum absolute atomic E-state index is 0.0448. The van der Waals surface area contributed by atoms with Crippen molar-refractivity contribution in [3.8, 4) is 0 Å². The Morgan fingerprint density at radius 2 is 1.45 bits per heavy atom. The summed E-state index contributed by atoms with van der Waals surface area (Å²) in [6.07, 6.45) is 1.54. The van der Waals surface area contributed by atoms with Gasteiger partial charge in [0.15, 0.2) is 0 Å². The second-order valence-corrected chi connectivity index (χ2v) is 10.5. The van der Waals surface area contributed by atoms with Gasteiger partial charge in [0.05, 0.1) is 5.75 Å². The number of rotatable bonds is 9. The van der Waals surface area contributed by atoms with Crippen LogP contribution in [0.2, 0.25) is 5.02 Å². The Morgan fingerprint density at radius 1 is 0.775 bits per heavy atom. The first-order valence-corrected chi connectivity index (χ1v) is 13.9. The number of carbonyl (C=O) groups is 3. The molecule has 0 aliphatic heterocycles. The Kier molecular flexibility index (Phi) is 9.78. The van der Waals surface area contributed by atoms with Gasteiger partial charge in [-0.15, -0.1) is 11.8 Å². The molecule has 0 spiro atoms. The molecule has 4 rings (SSSR count). The number of thioether (sulfide) groups is 1. The lowest BCUT2D eigenvalue weighted by molar-refractivity contribution is -0.114. The third-order valence-corrected chi connectivity index (χ3v) is 7.36. The van der Waals surface area contributed by atoms with Gasteiger partial charge in [-0.05, 0) is 91.2 Å². The molecular weight excluding hydrogens is 542 g/mol. The van der Waals surface area contributed by atoms with Crippen molar-refractivity contribution < 1.29 is 14.4 Å². The molecule has 0 fully saturated rings. The molecule has 0 aromatic heterocycles. The van der Waals surface area contributed by atoms with Crippen LogP contribution in [-0.2, 0) is 9.59 Å². The van der Waals surface area contributed by atoms with Crippen molar-refractivity contribution in [3.05, 3.63) is 130 Å². The lowest BCUT2D eigenvalue weighted by atomic mass is 10.1. The van der Waals surface area contributed by atoms with Gasteiger partial charge in [0.2, 0.25) is 5.91 Å². The van der Waals surface area contributed by atoms with Crippen LogP contribution in [0.25, 0.3) is 6.08 Å². The maximum Gasteiger partial charge on any atom is 0.272 e. The van der Waals surface area contributed by atoms with Gasteiger partial charge in [-0.3, -0.25) is 14.4 Å². The summed E-state index contributed by atoms with van der Waals surface area (Å²) in [6.45, 7) is 4.03. The summed E-state index contributed by atoms with van der Waals surface area (Å²) in [5.74, 6) is -0.777. The molecule has 4 aromatic rings. The maximum absolute atomic E-state index is 13.2. The predicted octanol–water partition coefficient (Wildman–Crippen LogP) is 7.10. The van der Waals surface area contributed by atoms with Gasteiger partial charge in [-0.25, -0.2) is 0 Å². The monoisotopic (exact) mass is 569 g/mol. The van der Waals surface area contributed by atoms with Crippen molar-refractivity contribution in [2.45, 2.75) is 18.7 Å². The van der Waals surface area contributed by atoms with Crippen LogP contribution in [0.5, 0.6) is 0 Å². The van der Waals surface area contributed by atoms with Gasteiger partial charge in [0, 0.05) is 26.9 Å². The third-order valence-electron chi connectivity index (χ3n) is 6.01. The number of hydrogen-bond donors (Lipinski definition) is 3. The number of carbonyl (C=O) groups excluding carboxylic acids is 3. The highest BCUT2D eigenvalue weighted by molar-refractivity contribution is 8.00. The molecule has 8 heteroatoms.